The number of hydrogen-bond donors (Lipinski definition) is 1. The summed E-state index contributed by atoms with van der Waals surface area (Å²) in [7, 11) is -1.69. The van der Waals surface area contributed by atoms with E-state index in [1.165, 1.54) is 25.7 Å². The zero-order valence-corrected chi connectivity index (χ0v) is 17.6. The first-order valence-corrected chi connectivity index (χ1v) is 12.2. The molecule has 0 aliphatic heterocycles. The number of aliphatic hydroxyl groups is 1. The van der Waals surface area contributed by atoms with Gasteiger partial charge in [-0.05, 0) is 44.3 Å². The Kier molecular flexibility index (Phi) is 11.0. The van der Waals surface area contributed by atoms with E-state index in [-0.39, 0.29) is 5.04 Å². The third-order valence-corrected chi connectivity index (χ3v) is 9.28. The van der Waals surface area contributed by atoms with Crippen molar-refractivity contribution in [2.75, 3.05) is 6.61 Å². The molecule has 0 aromatic carbocycles. The minimum atomic E-state index is -1.69. The minimum absolute atomic E-state index is 0.226. The lowest BCUT2D eigenvalue weighted by atomic mass is 10.1. The molecule has 0 saturated heterocycles. The van der Waals surface area contributed by atoms with E-state index in [1.807, 2.05) is 6.08 Å². The molecule has 0 saturated carbocycles. The molecule has 3 heteroatoms. The van der Waals surface area contributed by atoms with Crippen LogP contribution in [0.4, 0.5) is 0 Å². The highest BCUT2D eigenvalue weighted by molar-refractivity contribution is 6.74. The summed E-state index contributed by atoms with van der Waals surface area (Å²) in [5.74, 6) is 0. The lowest BCUT2D eigenvalue weighted by Gasteiger charge is -2.36. The number of allylic oxidation sites excluding steroid dienone is 3. The van der Waals surface area contributed by atoms with E-state index in [0.29, 0.717) is 13.0 Å². The fourth-order valence-corrected chi connectivity index (χ4v) is 3.11. The van der Waals surface area contributed by atoms with Crippen LogP contribution in [-0.4, -0.2) is 26.1 Å². The maximum Gasteiger partial charge on any atom is 0.191 e. The van der Waals surface area contributed by atoms with Crippen LogP contribution in [0, 0.1) is 0 Å². The fraction of sp³-hybridized carbons (Fsp3) is 0.800. The maximum atomic E-state index is 10.1. The molecule has 0 aromatic heterocycles. The first kappa shape index (κ1) is 22.6. The van der Waals surface area contributed by atoms with Crippen LogP contribution in [0.3, 0.4) is 0 Å². The fourth-order valence-electron chi connectivity index (χ4n) is 2.05. The molecule has 0 rings (SSSR count). The van der Waals surface area contributed by atoms with Gasteiger partial charge in [0.1, 0.15) is 0 Å². The van der Waals surface area contributed by atoms with Crippen LogP contribution in [-0.2, 0) is 4.43 Å². The molecule has 2 nitrogen and oxygen atoms in total. The van der Waals surface area contributed by atoms with Crippen molar-refractivity contribution in [1.82, 2.24) is 0 Å². The quantitative estimate of drug-likeness (QED) is 0.274. The molecule has 0 spiro atoms. The predicted molar refractivity (Wildman–Crippen MR) is 105 cm³/mol. The summed E-state index contributed by atoms with van der Waals surface area (Å²) in [5.41, 5.74) is 1.14. The Balaban J connectivity index is 4.07. The standard InChI is InChI=1S/C20H40O2Si/c1-8-9-10-11-12-13-14-18(2)17-19(21)15-16-22-23(6,7)20(3,4)5/h13-14,17,19,21H,8-12,15-16H2,1-7H3/b14-13+,18-17+. The van der Waals surface area contributed by atoms with Gasteiger partial charge < -0.3 is 9.53 Å². The molecule has 1 atom stereocenters. The van der Waals surface area contributed by atoms with E-state index in [0.717, 1.165) is 12.0 Å². The normalized spacial score (nSPS) is 15.4. The lowest BCUT2D eigenvalue weighted by molar-refractivity contribution is 0.171. The Labute approximate surface area is 146 Å². The van der Waals surface area contributed by atoms with Gasteiger partial charge in [-0.3, -0.25) is 0 Å². The van der Waals surface area contributed by atoms with Gasteiger partial charge in [0.15, 0.2) is 8.32 Å². The van der Waals surface area contributed by atoms with Crippen LogP contribution in [0.1, 0.15) is 73.1 Å². The molecular formula is C20H40O2Si. The molecule has 0 aromatic rings. The molecule has 1 unspecified atom stereocenters. The van der Waals surface area contributed by atoms with E-state index < -0.39 is 14.4 Å². The van der Waals surface area contributed by atoms with Crippen molar-refractivity contribution in [3.05, 3.63) is 23.8 Å². The van der Waals surface area contributed by atoms with E-state index >= 15 is 0 Å². The molecule has 0 fully saturated rings. The van der Waals surface area contributed by atoms with Gasteiger partial charge in [-0.1, -0.05) is 70.8 Å². The summed E-state index contributed by atoms with van der Waals surface area (Å²) >= 11 is 0. The molecule has 23 heavy (non-hydrogen) atoms. The second-order valence-electron chi connectivity index (χ2n) is 8.13. The van der Waals surface area contributed by atoms with Crippen LogP contribution < -0.4 is 0 Å². The number of rotatable bonds is 11. The van der Waals surface area contributed by atoms with Crippen molar-refractivity contribution < 1.29 is 9.53 Å². The van der Waals surface area contributed by atoms with Gasteiger partial charge in [-0.25, -0.2) is 0 Å². The summed E-state index contributed by atoms with van der Waals surface area (Å²) in [4.78, 5) is 0. The van der Waals surface area contributed by atoms with Crippen molar-refractivity contribution in [1.29, 1.82) is 0 Å². The predicted octanol–water partition coefficient (Wildman–Crippen LogP) is 6.23. The van der Waals surface area contributed by atoms with Crippen molar-refractivity contribution in [2.45, 2.75) is 97.4 Å². The van der Waals surface area contributed by atoms with Crippen molar-refractivity contribution in [2.24, 2.45) is 0 Å². The van der Waals surface area contributed by atoms with Gasteiger partial charge in [-0.2, -0.15) is 0 Å². The zero-order valence-electron chi connectivity index (χ0n) is 16.6. The summed E-state index contributed by atoms with van der Waals surface area (Å²) in [5, 5.41) is 10.3. The molecule has 1 N–H and O–H groups in total. The molecule has 0 bridgehead atoms. The highest BCUT2D eigenvalue weighted by Crippen LogP contribution is 2.36. The summed E-state index contributed by atoms with van der Waals surface area (Å²) in [6.07, 6.45) is 12.9. The van der Waals surface area contributed by atoms with Crippen LogP contribution >= 0.6 is 0 Å². The second kappa shape index (κ2) is 11.2. The number of unbranched alkanes of at least 4 members (excludes halogenated alkanes) is 4. The summed E-state index contributed by atoms with van der Waals surface area (Å²) in [6, 6.07) is 0. The first-order valence-electron chi connectivity index (χ1n) is 9.27. The van der Waals surface area contributed by atoms with Gasteiger partial charge in [0.25, 0.3) is 0 Å². The Morgan fingerprint density at radius 2 is 1.83 bits per heavy atom. The molecule has 136 valence electrons. The molecule has 0 aliphatic carbocycles. The lowest BCUT2D eigenvalue weighted by Crippen LogP contribution is -2.41. The van der Waals surface area contributed by atoms with Gasteiger partial charge in [-0.15, -0.1) is 0 Å². The Bertz CT molecular complexity index is 364. The molecule has 0 radical (unpaired) electrons. The molecular weight excluding hydrogens is 300 g/mol. The van der Waals surface area contributed by atoms with Gasteiger partial charge in [0, 0.05) is 6.61 Å². The largest absolute Gasteiger partial charge is 0.417 e. The third-order valence-electron chi connectivity index (χ3n) is 4.74. The topological polar surface area (TPSA) is 29.5 Å². The van der Waals surface area contributed by atoms with E-state index in [1.54, 1.807) is 0 Å². The van der Waals surface area contributed by atoms with Crippen LogP contribution in [0.15, 0.2) is 23.8 Å². The SMILES string of the molecule is CCCCCC/C=C/C(C)=C/C(O)CCO[Si](C)(C)C(C)(C)C. The molecule has 0 amide bonds. The van der Waals surface area contributed by atoms with E-state index in [4.69, 9.17) is 4.43 Å². The van der Waals surface area contributed by atoms with Crippen LogP contribution in [0.25, 0.3) is 0 Å². The highest BCUT2D eigenvalue weighted by Gasteiger charge is 2.36. The third kappa shape index (κ3) is 10.9. The minimum Gasteiger partial charge on any atom is -0.417 e. The highest BCUT2D eigenvalue weighted by atomic mass is 28.4. The van der Waals surface area contributed by atoms with Gasteiger partial charge >= 0.3 is 0 Å². The monoisotopic (exact) mass is 340 g/mol. The van der Waals surface area contributed by atoms with Gasteiger partial charge in [0.05, 0.1) is 6.10 Å². The number of hydrogen-bond acceptors (Lipinski definition) is 2. The van der Waals surface area contributed by atoms with Crippen molar-refractivity contribution in [3.63, 3.8) is 0 Å². The van der Waals surface area contributed by atoms with Crippen molar-refractivity contribution >= 4 is 8.32 Å². The summed E-state index contributed by atoms with van der Waals surface area (Å²) in [6.45, 7) is 16.2. The maximum absolute atomic E-state index is 10.1. The van der Waals surface area contributed by atoms with E-state index in [9.17, 15) is 5.11 Å². The Hall–Kier alpha value is -0.383. The zero-order chi connectivity index (χ0) is 17.9. The first-order chi connectivity index (χ1) is 10.6. The van der Waals surface area contributed by atoms with Crippen molar-refractivity contribution in [3.8, 4) is 0 Å². The van der Waals surface area contributed by atoms with Crippen LogP contribution in [0.2, 0.25) is 18.1 Å². The average Bonchev–Trinajstić information content (AvgIpc) is 2.41. The second-order valence-corrected chi connectivity index (χ2v) is 12.9. The Morgan fingerprint density at radius 1 is 1.17 bits per heavy atom. The molecule has 0 heterocycles. The van der Waals surface area contributed by atoms with Crippen LogP contribution in [0.5, 0.6) is 0 Å². The Morgan fingerprint density at radius 3 is 2.39 bits per heavy atom. The summed E-state index contributed by atoms with van der Waals surface area (Å²) < 4.78 is 6.11. The van der Waals surface area contributed by atoms with E-state index in [2.05, 4.69) is 59.9 Å². The number of aliphatic hydroxyl groups excluding tert-OH is 1. The average molecular weight is 341 g/mol. The molecule has 0 aliphatic rings. The smallest absolute Gasteiger partial charge is 0.191 e. The van der Waals surface area contributed by atoms with Gasteiger partial charge in [0.2, 0.25) is 0 Å².